The largest absolute Gasteiger partial charge is 0.439 e. The van der Waals surface area contributed by atoms with Crippen molar-refractivity contribution in [3.05, 3.63) is 145 Å². The zero-order valence-electron chi connectivity index (χ0n) is 30.5. The van der Waals surface area contributed by atoms with Crippen LogP contribution in [0.5, 0.6) is 11.6 Å². The van der Waals surface area contributed by atoms with Gasteiger partial charge < -0.3 is 9.72 Å². The molecule has 1 N–H and O–H groups in total. The maximum absolute atomic E-state index is 6.67. The lowest BCUT2D eigenvalue weighted by Crippen LogP contribution is -2.11. The van der Waals surface area contributed by atoms with Gasteiger partial charge in [-0.1, -0.05) is 108 Å². The Morgan fingerprint density at radius 3 is 1.58 bits per heavy atom. The van der Waals surface area contributed by atoms with Gasteiger partial charge in [-0.05, 0) is 105 Å². The Kier molecular flexibility index (Phi) is 7.24. The lowest BCUT2D eigenvalue weighted by Gasteiger charge is -2.22. The second kappa shape index (κ2) is 11.8. The SMILES string of the molecule is CC(C)(C)c1cc2c3[nH]c4c(cc(C(C)(C)C)cc4c3c1)-c1cc(-c3ccccc3)cc(n1)-c1cc(cc(-c3ccccc3)c1)Oc1cccc-2n1. The maximum Gasteiger partial charge on any atom is 0.219 e. The van der Waals surface area contributed by atoms with E-state index in [-0.39, 0.29) is 10.8 Å². The van der Waals surface area contributed by atoms with Crippen LogP contribution < -0.4 is 4.74 Å². The van der Waals surface area contributed by atoms with E-state index in [4.69, 9.17) is 14.7 Å². The van der Waals surface area contributed by atoms with Crippen LogP contribution in [0.25, 0.3) is 77.8 Å². The fourth-order valence-corrected chi connectivity index (χ4v) is 7.33. The number of hydrogen-bond donors (Lipinski definition) is 1. The van der Waals surface area contributed by atoms with Crippen LogP contribution in [0.1, 0.15) is 52.7 Å². The first-order valence-electron chi connectivity index (χ1n) is 18.1. The van der Waals surface area contributed by atoms with Crippen LogP contribution >= 0.6 is 0 Å². The topological polar surface area (TPSA) is 50.8 Å². The number of aromatic nitrogens is 3. The van der Waals surface area contributed by atoms with Crippen molar-refractivity contribution in [2.75, 3.05) is 0 Å². The van der Waals surface area contributed by atoms with Crippen molar-refractivity contribution in [2.24, 2.45) is 0 Å². The van der Waals surface area contributed by atoms with Gasteiger partial charge in [-0.2, -0.15) is 0 Å². The molecule has 0 aliphatic carbocycles. The number of fused-ring (bicyclic) bond motifs is 10. The highest BCUT2D eigenvalue weighted by Crippen LogP contribution is 2.44. The van der Waals surface area contributed by atoms with Gasteiger partial charge in [0.05, 0.1) is 28.1 Å². The number of pyridine rings is 2. The van der Waals surface area contributed by atoms with E-state index >= 15 is 0 Å². The molecule has 1 aliphatic heterocycles. The zero-order chi connectivity index (χ0) is 35.8. The minimum absolute atomic E-state index is 0.0826. The second-order valence-corrected chi connectivity index (χ2v) is 16.1. The van der Waals surface area contributed by atoms with Crippen molar-refractivity contribution in [1.82, 2.24) is 15.0 Å². The average molecular weight is 676 g/mol. The summed E-state index contributed by atoms with van der Waals surface area (Å²) in [7, 11) is 0. The van der Waals surface area contributed by atoms with E-state index in [0.29, 0.717) is 11.6 Å². The van der Waals surface area contributed by atoms with Gasteiger partial charge in [-0.25, -0.2) is 9.97 Å². The van der Waals surface area contributed by atoms with Gasteiger partial charge in [-0.15, -0.1) is 0 Å². The van der Waals surface area contributed by atoms with Gasteiger partial charge in [0.15, 0.2) is 0 Å². The first-order valence-corrected chi connectivity index (χ1v) is 18.1. The minimum Gasteiger partial charge on any atom is -0.439 e. The van der Waals surface area contributed by atoms with Crippen molar-refractivity contribution < 1.29 is 4.74 Å². The minimum atomic E-state index is -0.0934. The molecule has 8 aromatic rings. The van der Waals surface area contributed by atoms with Crippen molar-refractivity contribution in [2.45, 2.75) is 52.4 Å². The number of hydrogen-bond acceptors (Lipinski definition) is 3. The average Bonchev–Trinajstić information content (AvgIpc) is 3.52. The van der Waals surface area contributed by atoms with Crippen LogP contribution in [-0.4, -0.2) is 15.0 Å². The summed E-state index contributed by atoms with van der Waals surface area (Å²) in [6, 6.07) is 47.3. The molecule has 8 bridgehead atoms. The molecule has 0 fully saturated rings. The molecule has 5 aromatic carbocycles. The zero-order valence-corrected chi connectivity index (χ0v) is 30.5. The summed E-state index contributed by atoms with van der Waals surface area (Å²) < 4.78 is 6.67. The van der Waals surface area contributed by atoms with Crippen LogP contribution in [0.4, 0.5) is 0 Å². The number of nitrogens with zero attached hydrogens (tertiary/aromatic N) is 2. The van der Waals surface area contributed by atoms with E-state index in [2.05, 4.69) is 162 Å². The first-order chi connectivity index (χ1) is 25.0. The monoisotopic (exact) mass is 675 g/mol. The molecule has 4 heterocycles. The van der Waals surface area contributed by atoms with E-state index in [1.807, 2.05) is 18.2 Å². The maximum atomic E-state index is 6.67. The molecule has 0 radical (unpaired) electrons. The van der Waals surface area contributed by atoms with Gasteiger partial charge in [0, 0.05) is 33.5 Å². The molecule has 0 amide bonds. The summed E-state index contributed by atoms with van der Waals surface area (Å²) in [4.78, 5) is 14.6. The predicted molar refractivity (Wildman–Crippen MR) is 216 cm³/mol. The van der Waals surface area contributed by atoms with Crippen LogP contribution in [-0.2, 0) is 10.8 Å². The Labute approximate surface area is 305 Å². The lowest BCUT2D eigenvalue weighted by atomic mass is 9.83. The third-order valence-electron chi connectivity index (χ3n) is 10.3. The van der Waals surface area contributed by atoms with Gasteiger partial charge >= 0.3 is 0 Å². The van der Waals surface area contributed by atoms with Crippen molar-refractivity contribution in [3.8, 4) is 67.7 Å². The van der Waals surface area contributed by atoms with E-state index in [1.54, 1.807) is 0 Å². The number of ether oxygens (including phenoxy) is 1. The molecule has 0 spiro atoms. The van der Waals surface area contributed by atoms with Crippen LogP contribution in [0.3, 0.4) is 0 Å². The van der Waals surface area contributed by atoms with Gasteiger partial charge in [0.1, 0.15) is 5.75 Å². The van der Waals surface area contributed by atoms with E-state index in [0.717, 1.165) is 67.1 Å². The van der Waals surface area contributed by atoms with Crippen LogP contribution in [0.2, 0.25) is 0 Å². The summed E-state index contributed by atoms with van der Waals surface area (Å²) in [5.41, 5.74) is 14.6. The highest BCUT2D eigenvalue weighted by molar-refractivity contribution is 6.15. The molecule has 0 unspecified atom stereocenters. The molecule has 52 heavy (non-hydrogen) atoms. The molecule has 254 valence electrons. The summed E-state index contributed by atoms with van der Waals surface area (Å²) >= 11 is 0. The smallest absolute Gasteiger partial charge is 0.219 e. The molecule has 4 heteroatoms. The Morgan fingerprint density at radius 1 is 0.442 bits per heavy atom. The number of rotatable bonds is 2. The Balaban J connectivity index is 1.45. The van der Waals surface area contributed by atoms with Gasteiger partial charge in [-0.3, -0.25) is 0 Å². The summed E-state index contributed by atoms with van der Waals surface area (Å²) in [6.45, 7) is 13.7. The van der Waals surface area contributed by atoms with Crippen LogP contribution in [0, 0.1) is 0 Å². The Morgan fingerprint density at radius 2 is 0.981 bits per heavy atom. The van der Waals surface area contributed by atoms with Crippen molar-refractivity contribution >= 4 is 21.8 Å². The number of H-pyrrole nitrogens is 1. The second-order valence-electron chi connectivity index (χ2n) is 16.1. The van der Waals surface area contributed by atoms with Crippen molar-refractivity contribution in [3.63, 3.8) is 0 Å². The Hall–Kier alpha value is -6.00. The highest BCUT2D eigenvalue weighted by Gasteiger charge is 2.25. The van der Waals surface area contributed by atoms with E-state index in [1.165, 1.54) is 21.9 Å². The van der Waals surface area contributed by atoms with E-state index < -0.39 is 0 Å². The standard InChI is InChI=1S/C48H41N3O/c1-47(2,3)34-25-37-38-26-35(48(4,5)6)28-40-43-24-32(30-16-11-8-12-17-30)23-42(49-43)33-20-31(29-14-9-7-10-15-29)21-36(22-33)52-44-19-13-18-41(50-44)39(27-34)45(37)51-46(38)40/h7-28,51H,1-6H3. The normalized spacial score (nSPS) is 12.6. The molecule has 9 rings (SSSR count). The summed E-state index contributed by atoms with van der Waals surface area (Å²) in [5, 5.41) is 2.37. The third-order valence-corrected chi connectivity index (χ3v) is 10.3. The summed E-state index contributed by atoms with van der Waals surface area (Å²) in [6.07, 6.45) is 0. The molecular weight excluding hydrogens is 635 g/mol. The van der Waals surface area contributed by atoms with Gasteiger partial charge in [0.25, 0.3) is 0 Å². The highest BCUT2D eigenvalue weighted by atomic mass is 16.5. The third kappa shape index (κ3) is 5.65. The first kappa shape index (κ1) is 31.9. The molecule has 4 nitrogen and oxygen atoms in total. The molecule has 0 saturated carbocycles. The number of aromatic amines is 1. The number of nitrogens with one attached hydrogen (secondary N) is 1. The molecule has 3 aromatic heterocycles. The van der Waals surface area contributed by atoms with E-state index in [9.17, 15) is 0 Å². The molecule has 0 saturated heterocycles. The molecule has 0 atom stereocenters. The van der Waals surface area contributed by atoms with Crippen molar-refractivity contribution in [1.29, 1.82) is 0 Å². The molecule has 1 aliphatic rings. The summed E-state index contributed by atoms with van der Waals surface area (Å²) in [5.74, 6) is 1.24. The van der Waals surface area contributed by atoms with Crippen LogP contribution in [0.15, 0.2) is 133 Å². The predicted octanol–water partition coefficient (Wildman–Crippen LogP) is 13.1. The van der Waals surface area contributed by atoms with Gasteiger partial charge in [0.2, 0.25) is 5.88 Å². The fraction of sp³-hybridized carbons (Fsp3) is 0.167. The quantitative estimate of drug-likeness (QED) is 0.198. The Bertz CT molecular complexity index is 2660. The fourth-order valence-electron chi connectivity index (χ4n) is 7.33. The number of benzene rings is 5. The molecular formula is C48H41N3O. The lowest BCUT2D eigenvalue weighted by molar-refractivity contribution is 0.464.